The quantitative estimate of drug-likeness (QED) is 0.921. The summed E-state index contributed by atoms with van der Waals surface area (Å²) in [6.07, 6.45) is 5.98. The molecule has 1 N–H and O–H groups in total. The normalized spacial score (nSPS) is 22.3. The Morgan fingerprint density at radius 3 is 2.90 bits per heavy atom. The average Bonchev–Trinajstić information content (AvgIpc) is 3.07. The number of rotatable bonds is 4. The molecule has 2 fully saturated rings. The monoisotopic (exact) mass is 289 g/mol. The molecule has 1 atom stereocenters. The topological polar surface area (TPSA) is 54.5 Å². The van der Waals surface area contributed by atoms with Crippen molar-refractivity contribution in [1.29, 1.82) is 0 Å². The van der Waals surface area contributed by atoms with Crippen molar-refractivity contribution in [3.63, 3.8) is 0 Å². The van der Waals surface area contributed by atoms with Gasteiger partial charge in [-0.25, -0.2) is 4.98 Å². The minimum atomic E-state index is -0.107. The summed E-state index contributed by atoms with van der Waals surface area (Å²) >= 11 is 0. The summed E-state index contributed by atoms with van der Waals surface area (Å²) in [5.41, 5.74) is 0.496. The maximum atomic E-state index is 12.2. The summed E-state index contributed by atoms with van der Waals surface area (Å²) < 4.78 is 5.51. The van der Waals surface area contributed by atoms with Gasteiger partial charge in [0, 0.05) is 26.2 Å². The molecule has 0 bridgehead atoms. The second-order valence-electron chi connectivity index (χ2n) is 5.77. The Labute approximate surface area is 125 Å². The van der Waals surface area contributed by atoms with Crippen LogP contribution in [0.25, 0.3) is 0 Å². The van der Waals surface area contributed by atoms with Gasteiger partial charge in [-0.1, -0.05) is 6.07 Å². The van der Waals surface area contributed by atoms with E-state index in [0.717, 1.165) is 38.4 Å². The lowest BCUT2D eigenvalue weighted by Gasteiger charge is -2.27. The van der Waals surface area contributed by atoms with Crippen molar-refractivity contribution in [2.75, 3.05) is 31.1 Å². The van der Waals surface area contributed by atoms with Crippen molar-refractivity contribution in [3.8, 4) is 0 Å². The molecule has 5 heteroatoms. The van der Waals surface area contributed by atoms with Crippen LogP contribution in [0.5, 0.6) is 0 Å². The van der Waals surface area contributed by atoms with Crippen molar-refractivity contribution in [3.05, 3.63) is 23.9 Å². The summed E-state index contributed by atoms with van der Waals surface area (Å²) in [5.74, 6) is 0.809. The molecular weight excluding hydrogens is 266 g/mol. The number of anilines is 1. The Morgan fingerprint density at radius 1 is 1.29 bits per heavy atom. The van der Waals surface area contributed by atoms with Gasteiger partial charge in [0.25, 0.3) is 5.91 Å². The molecule has 21 heavy (non-hydrogen) atoms. The molecule has 5 nitrogen and oxygen atoms in total. The number of carbonyl (C=O) groups is 1. The van der Waals surface area contributed by atoms with Crippen LogP contribution in [0.15, 0.2) is 18.2 Å². The minimum absolute atomic E-state index is 0.107. The number of amides is 1. The lowest BCUT2D eigenvalue weighted by atomic mass is 10.1. The number of nitrogens with zero attached hydrogens (tertiary/aromatic N) is 2. The van der Waals surface area contributed by atoms with Crippen LogP contribution in [0, 0.1) is 0 Å². The SMILES string of the molecule is O=C(NCC1CCCO1)c1cccc(N2CCCCC2)n1. The fourth-order valence-electron chi connectivity index (χ4n) is 2.95. The van der Waals surface area contributed by atoms with Gasteiger partial charge >= 0.3 is 0 Å². The van der Waals surface area contributed by atoms with Crippen LogP contribution in [-0.2, 0) is 4.74 Å². The number of piperidine rings is 1. The van der Waals surface area contributed by atoms with Gasteiger partial charge in [0.15, 0.2) is 0 Å². The molecule has 1 aromatic rings. The minimum Gasteiger partial charge on any atom is -0.376 e. The average molecular weight is 289 g/mol. The van der Waals surface area contributed by atoms with Crippen LogP contribution < -0.4 is 10.2 Å². The van der Waals surface area contributed by atoms with E-state index in [2.05, 4.69) is 15.2 Å². The molecular formula is C16H23N3O2. The van der Waals surface area contributed by atoms with Crippen LogP contribution in [0.1, 0.15) is 42.6 Å². The lowest BCUT2D eigenvalue weighted by molar-refractivity contribution is 0.0854. The molecule has 3 heterocycles. The van der Waals surface area contributed by atoms with Gasteiger partial charge in [-0.3, -0.25) is 4.79 Å². The van der Waals surface area contributed by atoms with Crippen molar-refractivity contribution >= 4 is 11.7 Å². The van der Waals surface area contributed by atoms with Gasteiger partial charge in [-0.05, 0) is 44.2 Å². The number of nitrogens with one attached hydrogen (secondary N) is 1. The van der Waals surface area contributed by atoms with Crippen LogP contribution in [-0.4, -0.2) is 43.2 Å². The third kappa shape index (κ3) is 3.73. The highest BCUT2D eigenvalue weighted by atomic mass is 16.5. The van der Waals surface area contributed by atoms with Crippen molar-refractivity contribution < 1.29 is 9.53 Å². The maximum Gasteiger partial charge on any atom is 0.270 e. The number of hydrogen-bond donors (Lipinski definition) is 1. The standard InChI is InChI=1S/C16H23N3O2/c20-16(17-12-13-6-5-11-21-13)14-7-4-8-15(18-14)19-9-2-1-3-10-19/h4,7-8,13H,1-3,5-6,9-12H2,(H,17,20). The zero-order valence-corrected chi connectivity index (χ0v) is 12.4. The van der Waals surface area contributed by atoms with E-state index in [0.29, 0.717) is 12.2 Å². The number of ether oxygens (including phenoxy) is 1. The maximum absolute atomic E-state index is 12.2. The van der Waals surface area contributed by atoms with E-state index >= 15 is 0 Å². The third-order valence-electron chi connectivity index (χ3n) is 4.16. The summed E-state index contributed by atoms with van der Waals surface area (Å²) in [5, 5.41) is 2.93. The number of carbonyl (C=O) groups excluding carboxylic acids is 1. The van der Waals surface area contributed by atoms with E-state index in [1.54, 1.807) is 6.07 Å². The number of aromatic nitrogens is 1. The molecule has 0 spiro atoms. The Morgan fingerprint density at radius 2 is 2.14 bits per heavy atom. The van der Waals surface area contributed by atoms with Crippen molar-refractivity contribution in [1.82, 2.24) is 10.3 Å². The molecule has 2 aliphatic heterocycles. The molecule has 0 aliphatic carbocycles. The highest BCUT2D eigenvalue weighted by Gasteiger charge is 2.18. The van der Waals surface area contributed by atoms with E-state index in [1.165, 1.54) is 19.3 Å². The number of hydrogen-bond acceptors (Lipinski definition) is 4. The van der Waals surface area contributed by atoms with E-state index < -0.39 is 0 Å². The Hall–Kier alpha value is -1.62. The second kappa shape index (κ2) is 6.89. The summed E-state index contributed by atoms with van der Waals surface area (Å²) in [6.45, 7) is 3.46. The van der Waals surface area contributed by atoms with Gasteiger partial charge in [0.1, 0.15) is 11.5 Å². The molecule has 2 saturated heterocycles. The lowest BCUT2D eigenvalue weighted by Crippen LogP contribution is -2.33. The van der Waals surface area contributed by atoms with E-state index in [1.807, 2.05) is 12.1 Å². The largest absolute Gasteiger partial charge is 0.376 e. The molecule has 3 rings (SSSR count). The smallest absolute Gasteiger partial charge is 0.270 e. The fraction of sp³-hybridized carbons (Fsp3) is 0.625. The first-order chi connectivity index (χ1) is 10.3. The van der Waals surface area contributed by atoms with Gasteiger partial charge in [-0.2, -0.15) is 0 Å². The van der Waals surface area contributed by atoms with Gasteiger partial charge < -0.3 is 15.0 Å². The van der Waals surface area contributed by atoms with E-state index in [9.17, 15) is 4.79 Å². The van der Waals surface area contributed by atoms with E-state index in [-0.39, 0.29) is 12.0 Å². The summed E-state index contributed by atoms with van der Waals surface area (Å²) in [4.78, 5) is 19.0. The Kier molecular flexibility index (Phi) is 4.70. The number of pyridine rings is 1. The first-order valence-electron chi connectivity index (χ1n) is 7.95. The molecule has 0 saturated carbocycles. The molecule has 1 amide bonds. The summed E-state index contributed by atoms with van der Waals surface area (Å²) in [6, 6.07) is 5.68. The van der Waals surface area contributed by atoms with Gasteiger partial charge in [0.2, 0.25) is 0 Å². The highest BCUT2D eigenvalue weighted by Crippen LogP contribution is 2.17. The van der Waals surface area contributed by atoms with Crippen LogP contribution >= 0.6 is 0 Å². The first-order valence-corrected chi connectivity index (χ1v) is 7.95. The van der Waals surface area contributed by atoms with Crippen molar-refractivity contribution in [2.24, 2.45) is 0 Å². The van der Waals surface area contributed by atoms with Crippen LogP contribution in [0.2, 0.25) is 0 Å². The molecule has 1 aromatic heterocycles. The van der Waals surface area contributed by atoms with Gasteiger partial charge in [0.05, 0.1) is 6.10 Å². The molecule has 114 valence electrons. The molecule has 1 unspecified atom stereocenters. The predicted octanol–water partition coefficient (Wildman–Crippen LogP) is 1.98. The van der Waals surface area contributed by atoms with Crippen LogP contribution in [0.3, 0.4) is 0 Å². The Balaban J connectivity index is 1.60. The second-order valence-corrected chi connectivity index (χ2v) is 5.77. The summed E-state index contributed by atoms with van der Waals surface area (Å²) in [7, 11) is 0. The fourth-order valence-corrected chi connectivity index (χ4v) is 2.95. The highest BCUT2D eigenvalue weighted by molar-refractivity contribution is 5.92. The molecule has 0 radical (unpaired) electrons. The predicted molar refractivity (Wildman–Crippen MR) is 81.6 cm³/mol. The molecule has 0 aromatic carbocycles. The van der Waals surface area contributed by atoms with E-state index in [4.69, 9.17) is 4.74 Å². The zero-order chi connectivity index (χ0) is 14.5. The van der Waals surface area contributed by atoms with Crippen molar-refractivity contribution in [2.45, 2.75) is 38.2 Å². The molecule has 2 aliphatic rings. The first kappa shape index (κ1) is 14.3. The van der Waals surface area contributed by atoms with Gasteiger partial charge in [-0.15, -0.1) is 0 Å². The Bertz CT molecular complexity index is 480. The third-order valence-corrected chi connectivity index (χ3v) is 4.16. The zero-order valence-electron chi connectivity index (χ0n) is 12.4. The van der Waals surface area contributed by atoms with Crippen LogP contribution in [0.4, 0.5) is 5.82 Å².